The monoisotopic (exact) mass is 197 g/mol. The molecule has 0 bridgehead atoms. The molecule has 0 unspecified atom stereocenters. The lowest BCUT2D eigenvalue weighted by Crippen LogP contribution is -2.00. The van der Waals surface area contributed by atoms with Crippen LogP contribution in [0.4, 0.5) is 4.39 Å². The van der Waals surface area contributed by atoms with E-state index < -0.39 is 5.95 Å². The van der Waals surface area contributed by atoms with Crippen LogP contribution in [-0.2, 0) is 0 Å². The number of ether oxygens (including phenoxy) is 1. The maximum atomic E-state index is 12.6. The first kappa shape index (κ1) is 11.0. The van der Waals surface area contributed by atoms with Gasteiger partial charge in [-0.1, -0.05) is 13.8 Å². The van der Waals surface area contributed by atoms with Gasteiger partial charge in [0, 0.05) is 12.3 Å². The number of pyridine rings is 1. The van der Waals surface area contributed by atoms with Crippen molar-refractivity contribution in [2.45, 2.75) is 26.7 Å². The summed E-state index contributed by atoms with van der Waals surface area (Å²) in [6.45, 7) is 4.99. The molecule has 1 heterocycles. The number of nitrogens with zero attached hydrogens (tertiary/aromatic N) is 1. The first-order chi connectivity index (χ1) is 6.68. The summed E-state index contributed by atoms with van der Waals surface area (Å²) in [5.41, 5.74) is 0. The fourth-order valence-corrected chi connectivity index (χ4v) is 1.16. The van der Waals surface area contributed by atoms with E-state index in [0.29, 0.717) is 18.3 Å². The zero-order valence-electron chi connectivity index (χ0n) is 8.66. The van der Waals surface area contributed by atoms with Gasteiger partial charge in [-0.25, -0.2) is 4.98 Å². The van der Waals surface area contributed by atoms with Crippen LogP contribution in [0.25, 0.3) is 0 Å². The molecule has 0 aliphatic rings. The Morgan fingerprint density at radius 3 is 2.93 bits per heavy atom. The molecule has 3 heteroatoms. The molecule has 0 saturated carbocycles. The van der Waals surface area contributed by atoms with Gasteiger partial charge in [-0.15, -0.1) is 0 Å². The van der Waals surface area contributed by atoms with Gasteiger partial charge in [0.05, 0.1) is 6.61 Å². The minimum absolute atomic E-state index is 0.494. The van der Waals surface area contributed by atoms with Crippen molar-refractivity contribution in [1.29, 1.82) is 0 Å². The Kier molecular flexibility index (Phi) is 4.36. The lowest BCUT2D eigenvalue weighted by Gasteiger charge is -2.07. The second-order valence-electron chi connectivity index (χ2n) is 3.70. The Morgan fingerprint density at radius 1 is 1.50 bits per heavy atom. The minimum Gasteiger partial charge on any atom is -0.493 e. The van der Waals surface area contributed by atoms with Crippen LogP contribution < -0.4 is 4.74 Å². The van der Waals surface area contributed by atoms with Crippen molar-refractivity contribution in [3.63, 3.8) is 0 Å². The maximum absolute atomic E-state index is 12.6. The van der Waals surface area contributed by atoms with Crippen LogP contribution in [0.2, 0.25) is 0 Å². The summed E-state index contributed by atoms with van der Waals surface area (Å²) >= 11 is 0. The molecule has 14 heavy (non-hydrogen) atoms. The lowest BCUT2D eigenvalue weighted by atomic mass is 10.1. The van der Waals surface area contributed by atoms with Gasteiger partial charge in [-0.3, -0.25) is 0 Å². The van der Waals surface area contributed by atoms with Crippen LogP contribution >= 0.6 is 0 Å². The van der Waals surface area contributed by atoms with E-state index >= 15 is 0 Å². The summed E-state index contributed by atoms with van der Waals surface area (Å²) in [7, 11) is 0. The van der Waals surface area contributed by atoms with Gasteiger partial charge < -0.3 is 4.74 Å². The summed E-state index contributed by atoms with van der Waals surface area (Å²) in [6.07, 6.45) is 3.54. The molecule has 1 rings (SSSR count). The predicted octanol–water partition coefficient (Wildman–Crippen LogP) is 3.04. The second kappa shape index (κ2) is 5.58. The van der Waals surface area contributed by atoms with Gasteiger partial charge in [0.25, 0.3) is 0 Å². The molecule has 0 amide bonds. The van der Waals surface area contributed by atoms with Gasteiger partial charge in [-0.2, -0.15) is 4.39 Å². The highest BCUT2D eigenvalue weighted by molar-refractivity contribution is 5.17. The molecule has 2 nitrogen and oxygen atoms in total. The number of aromatic nitrogens is 1. The van der Waals surface area contributed by atoms with Crippen molar-refractivity contribution in [2.75, 3.05) is 6.61 Å². The molecule has 0 fully saturated rings. The zero-order chi connectivity index (χ0) is 10.4. The van der Waals surface area contributed by atoms with Gasteiger partial charge in [0.15, 0.2) is 0 Å². The highest BCUT2D eigenvalue weighted by atomic mass is 19.1. The smallest absolute Gasteiger partial charge is 0.216 e. The van der Waals surface area contributed by atoms with E-state index in [2.05, 4.69) is 18.8 Å². The molecule has 0 aliphatic heterocycles. The highest BCUT2D eigenvalue weighted by Gasteiger charge is 1.97. The average Bonchev–Trinajstić information content (AvgIpc) is 2.12. The fourth-order valence-electron chi connectivity index (χ4n) is 1.16. The topological polar surface area (TPSA) is 22.1 Å². The third kappa shape index (κ3) is 4.21. The molecular formula is C11H16FNO. The van der Waals surface area contributed by atoms with Gasteiger partial charge in [0.2, 0.25) is 5.95 Å². The molecule has 0 aromatic carbocycles. The van der Waals surface area contributed by atoms with Crippen LogP contribution in [0.1, 0.15) is 26.7 Å². The van der Waals surface area contributed by atoms with E-state index in [1.165, 1.54) is 12.3 Å². The zero-order valence-corrected chi connectivity index (χ0v) is 8.66. The largest absolute Gasteiger partial charge is 0.493 e. The van der Waals surface area contributed by atoms with Gasteiger partial charge in [0.1, 0.15) is 5.75 Å². The molecule has 0 atom stereocenters. The van der Waals surface area contributed by atoms with Crippen molar-refractivity contribution in [3.8, 4) is 5.75 Å². The third-order valence-corrected chi connectivity index (χ3v) is 1.89. The Morgan fingerprint density at radius 2 is 2.29 bits per heavy atom. The van der Waals surface area contributed by atoms with Crippen molar-refractivity contribution >= 4 is 0 Å². The lowest BCUT2D eigenvalue weighted by molar-refractivity contribution is 0.295. The van der Waals surface area contributed by atoms with Crippen LogP contribution in [0, 0.1) is 11.9 Å². The van der Waals surface area contributed by atoms with Crippen LogP contribution in [-0.4, -0.2) is 11.6 Å². The predicted molar refractivity (Wildman–Crippen MR) is 53.8 cm³/mol. The molecule has 0 aliphatic carbocycles. The van der Waals surface area contributed by atoms with E-state index in [4.69, 9.17) is 4.74 Å². The summed E-state index contributed by atoms with van der Waals surface area (Å²) in [5.74, 6) is 0.750. The van der Waals surface area contributed by atoms with E-state index in [1.807, 2.05) is 0 Å². The molecule has 0 saturated heterocycles. The third-order valence-electron chi connectivity index (χ3n) is 1.89. The summed E-state index contributed by atoms with van der Waals surface area (Å²) in [5, 5.41) is 0. The van der Waals surface area contributed by atoms with Crippen molar-refractivity contribution < 1.29 is 9.13 Å². The molecule has 0 spiro atoms. The molecule has 78 valence electrons. The van der Waals surface area contributed by atoms with Gasteiger partial charge in [-0.05, 0) is 24.8 Å². The Balaban J connectivity index is 2.25. The molecule has 0 N–H and O–H groups in total. The number of halogens is 1. The summed E-state index contributed by atoms with van der Waals surface area (Å²) in [6, 6.07) is 2.97. The molecule has 0 radical (unpaired) electrons. The number of hydrogen-bond donors (Lipinski definition) is 0. The highest BCUT2D eigenvalue weighted by Crippen LogP contribution is 2.11. The second-order valence-corrected chi connectivity index (χ2v) is 3.70. The number of hydrogen-bond acceptors (Lipinski definition) is 2. The Hall–Kier alpha value is -1.12. The first-order valence-corrected chi connectivity index (χ1v) is 4.93. The maximum Gasteiger partial charge on any atom is 0.216 e. The standard InChI is InChI=1S/C11H16FNO/c1-9(2)4-3-7-14-10-5-6-13-11(12)8-10/h5-6,8-9H,3-4,7H2,1-2H3. The molecular weight excluding hydrogens is 181 g/mol. The Bertz CT molecular complexity index is 276. The van der Waals surface area contributed by atoms with E-state index in [1.54, 1.807) is 6.07 Å². The summed E-state index contributed by atoms with van der Waals surface area (Å²) < 4.78 is 18.0. The van der Waals surface area contributed by atoms with E-state index in [9.17, 15) is 4.39 Å². The van der Waals surface area contributed by atoms with Crippen LogP contribution in [0.5, 0.6) is 5.75 Å². The van der Waals surface area contributed by atoms with Crippen LogP contribution in [0.15, 0.2) is 18.3 Å². The fraction of sp³-hybridized carbons (Fsp3) is 0.545. The first-order valence-electron chi connectivity index (χ1n) is 4.93. The molecule has 1 aromatic heterocycles. The minimum atomic E-state index is -0.494. The normalized spacial score (nSPS) is 10.6. The van der Waals surface area contributed by atoms with Crippen LogP contribution in [0.3, 0.4) is 0 Å². The Labute approximate surface area is 84.1 Å². The quantitative estimate of drug-likeness (QED) is 0.534. The molecule has 1 aromatic rings. The van der Waals surface area contributed by atoms with Crippen molar-refractivity contribution in [1.82, 2.24) is 4.98 Å². The average molecular weight is 197 g/mol. The van der Waals surface area contributed by atoms with E-state index in [0.717, 1.165) is 12.8 Å². The van der Waals surface area contributed by atoms with E-state index in [-0.39, 0.29) is 0 Å². The number of rotatable bonds is 5. The van der Waals surface area contributed by atoms with Gasteiger partial charge >= 0.3 is 0 Å². The summed E-state index contributed by atoms with van der Waals surface area (Å²) in [4.78, 5) is 3.45. The van der Waals surface area contributed by atoms with Crippen molar-refractivity contribution in [3.05, 3.63) is 24.3 Å². The SMILES string of the molecule is CC(C)CCCOc1ccnc(F)c1. The van der Waals surface area contributed by atoms with Crippen molar-refractivity contribution in [2.24, 2.45) is 5.92 Å².